The molecule has 5 nitrogen and oxygen atoms in total. The highest BCUT2D eigenvalue weighted by molar-refractivity contribution is 7.88. The van der Waals surface area contributed by atoms with Gasteiger partial charge in [-0.15, -0.1) is 11.3 Å². The first-order chi connectivity index (χ1) is 7.79. The third-order valence-corrected chi connectivity index (χ3v) is 4.26. The number of hydrogen-bond acceptors (Lipinski definition) is 5. The molecule has 1 aromatic heterocycles. The first kappa shape index (κ1) is 14.6. The van der Waals surface area contributed by atoms with Gasteiger partial charge in [-0.05, 0) is 20.8 Å². The normalized spacial score (nSPS) is 13.9. The fourth-order valence-corrected chi connectivity index (χ4v) is 2.99. The number of nitrogens with one attached hydrogen (secondary N) is 2. The molecule has 1 atom stereocenters. The molecular formula is C10H19N3O2S2. The van der Waals surface area contributed by atoms with Gasteiger partial charge in [0.15, 0.2) is 0 Å². The summed E-state index contributed by atoms with van der Waals surface area (Å²) in [5.41, 5.74) is 1.04. The van der Waals surface area contributed by atoms with E-state index >= 15 is 0 Å². The first-order valence-electron chi connectivity index (χ1n) is 5.41. The summed E-state index contributed by atoms with van der Waals surface area (Å²) in [6.45, 7) is 7.04. The summed E-state index contributed by atoms with van der Waals surface area (Å²) in [6, 6.07) is 0.197. The Morgan fingerprint density at radius 1 is 1.35 bits per heavy atom. The number of thiazole rings is 1. The molecule has 0 aliphatic carbocycles. The van der Waals surface area contributed by atoms with Crippen LogP contribution in [0.25, 0.3) is 0 Å². The Balaban J connectivity index is 2.40. The summed E-state index contributed by atoms with van der Waals surface area (Å²) in [4.78, 5) is 5.58. The second kappa shape index (κ2) is 5.90. The van der Waals surface area contributed by atoms with Crippen LogP contribution in [0.4, 0.5) is 0 Å². The molecule has 1 heterocycles. The SMILES string of the molecule is Cc1nc(C)c(C(C)NCCNS(C)(=O)=O)s1. The molecule has 0 radical (unpaired) electrons. The summed E-state index contributed by atoms with van der Waals surface area (Å²) in [5.74, 6) is 0. The molecule has 1 unspecified atom stereocenters. The van der Waals surface area contributed by atoms with Crippen molar-refractivity contribution in [1.82, 2.24) is 15.0 Å². The molecule has 0 aliphatic heterocycles. The molecule has 0 saturated heterocycles. The lowest BCUT2D eigenvalue weighted by Gasteiger charge is -2.12. The lowest BCUT2D eigenvalue weighted by Crippen LogP contribution is -2.32. The monoisotopic (exact) mass is 277 g/mol. The largest absolute Gasteiger partial charge is 0.308 e. The molecule has 7 heteroatoms. The molecule has 0 amide bonds. The van der Waals surface area contributed by atoms with Gasteiger partial charge in [-0.1, -0.05) is 0 Å². The zero-order chi connectivity index (χ0) is 13.1. The summed E-state index contributed by atoms with van der Waals surface area (Å²) in [6.07, 6.45) is 1.16. The van der Waals surface area contributed by atoms with Crippen LogP contribution in [0.5, 0.6) is 0 Å². The lowest BCUT2D eigenvalue weighted by molar-refractivity contribution is 0.559. The van der Waals surface area contributed by atoms with Gasteiger partial charge in [-0.2, -0.15) is 0 Å². The molecule has 0 spiro atoms. The van der Waals surface area contributed by atoms with E-state index in [0.29, 0.717) is 13.1 Å². The van der Waals surface area contributed by atoms with E-state index in [-0.39, 0.29) is 6.04 Å². The molecule has 1 aromatic rings. The predicted octanol–water partition coefficient (Wildman–Crippen LogP) is 0.960. The van der Waals surface area contributed by atoms with Crippen LogP contribution in [0.2, 0.25) is 0 Å². The van der Waals surface area contributed by atoms with Crippen LogP contribution in [0, 0.1) is 13.8 Å². The van der Waals surface area contributed by atoms with Crippen LogP contribution >= 0.6 is 11.3 Å². The van der Waals surface area contributed by atoms with Crippen molar-refractivity contribution in [2.45, 2.75) is 26.8 Å². The van der Waals surface area contributed by atoms with Gasteiger partial charge in [-0.3, -0.25) is 0 Å². The van der Waals surface area contributed by atoms with Gasteiger partial charge in [-0.25, -0.2) is 18.1 Å². The van der Waals surface area contributed by atoms with Crippen LogP contribution in [-0.2, 0) is 10.0 Å². The van der Waals surface area contributed by atoms with E-state index in [1.54, 1.807) is 11.3 Å². The van der Waals surface area contributed by atoms with Crippen LogP contribution in [0.3, 0.4) is 0 Å². The maximum atomic E-state index is 10.9. The lowest BCUT2D eigenvalue weighted by atomic mass is 10.2. The summed E-state index contributed by atoms with van der Waals surface area (Å²) in [7, 11) is -3.09. The van der Waals surface area contributed by atoms with E-state index in [2.05, 4.69) is 21.9 Å². The highest BCUT2D eigenvalue weighted by Crippen LogP contribution is 2.23. The second-order valence-electron chi connectivity index (χ2n) is 4.02. The first-order valence-corrected chi connectivity index (χ1v) is 8.12. The van der Waals surface area contributed by atoms with E-state index in [9.17, 15) is 8.42 Å². The predicted molar refractivity (Wildman–Crippen MR) is 70.9 cm³/mol. The summed E-state index contributed by atoms with van der Waals surface area (Å²) in [5, 5.41) is 4.33. The molecule has 98 valence electrons. The van der Waals surface area contributed by atoms with E-state index in [1.807, 2.05) is 13.8 Å². The molecule has 17 heavy (non-hydrogen) atoms. The van der Waals surface area contributed by atoms with Crippen LogP contribution in [0.15, 0.2) is 0 Å². The van der Waals surface area contributed by atoms with E-state index in [4.69, 9.17) is 0 Å². The summed E-state index contributed by atoms with van der Waals surface area (Å²) >= 11 is 1.67. The van der Waals surface area contributed by atoms with E-state index < -0.39 is 10.0 Å². The van der Waals surface area contributed by atoms with Crippen molar-refractivity contribution < 1.29 is 8.42 Å². The molecule has 0 aliphatic rings. The van der Waals surface area contributed by atoms with Gasteiger partial charge in [0.2, 0.25) is 10.0 Å². The van der Waals surface area contributed by atoms with E-state index in [0.717, 1.165) is 17.0 Å². The molecule has 2 N–H and O–H groups in total. The average molecular weight is 277 g/mol. The fourth-order valence-electron chi connectivity index (χ4n) is 1.57. The second-order valence-corrected chi connectivity index (χ2v) is 7.09. The van der Waals surface area contributed by atoms with Gasteiger partial charge in [0, 0.05) is 24.0 Å². The summed E-state index contributed by atoms with van der Waals surface area (Å²) < 4.78 is 24.2. The Bertz CT molecular complexity index is 468. The highest BCUT2D eigenvalue weighted by atomic mass is 32.2. The van der Waals surface area contributed by atoms with E-state index in [1.165, 1.54) is 4.88 Å². The van der Waals surface area contributed by atoms with Gasteiger partial charge >= 0.3 is 0 Å². The Hall–Kier alpha value is -0.500. The third-order valence-electron chi connectivity index (χ3n) is 2.27. The zero-order valence-electron chi connectivity index (χ0n) is 10.6. The van der Waals surface area contributed by atoms with Gasteiger partial charge in [0.1, 0.15) is 0 Å². The smallest absolute Gasteiger partial charge is 0.208 e. The Kier molecular flexibility index (Phi) is 5.05. The highest BCUT2D eigenvalue weighted by Gasteiger charge is 2.12. The van der Waals surface area contributed by atoms with Crippen molar-refractivity contribution in [2.75, 3.05) is 19.3 Å². The molecule has 0 fully saturated rings. The minimum atomic E-state index is -3.09. The van der Waals surface area contributed by atoms with Crippen molar-refractivity contribution in [1.29, 1.82) is 0 Å². The molecule has 0 saturated carbocycles. The molecule has 0 bridgehead atoms. The Labute approximate surface area is 107 Å². The van der Waals surface area contributed by atoms with Crippen LogP contribution < -0.4 is 10.0 Å². The minimum Gasteiger partial charge on any atom is -0.308 e. The standard InChI is InChI=1S/C10H19N3O2S2/c1-7(10-8(2)13-9(3)16-10)11-5-6-12-17(4,14)15/h7,11-12H,5-6H2,1-4H3. The minimum absolute atomic E-state index is 0.197. The zero-order valence-corrected chi connectivity index (χ0v) is 12.2. The number of hydrogen-bond donors (Lipinski definition) is 2. The number of sulfonamides is 1. The van der Waals surface area contributed by atoms with Gasteiger partial charge in [0.25, 0.3) is 0 Å². The maximum absolute atomic E-state index is 10.9. The van der Waals surface area contributed by atoms with Crippen molar-refractivity contribution in [2.24, 2.45) is 0 Å². The topological polar surface area (TPSA) is 71.1 Å². The fraction of sp³-hybridized carbons (Fsp3) is 0.700. The molecule has 0 aromatic carbocycles. The van der Waals surface area contributed by atoms with Crippen molar-refractivity contribution >= 4 is 21.4 Å². The van der Waals surface area contributed by atoms with Gasteiger partial charge < -0.3 is 5.32 Å². The maximum Gasteiger partial charge on any atom is 0.208 e. The Morgan fingerprint density at radius 3 is 2.47 bits per heavy atom. The number of aryl methyl sites for hydroxylation is 2. The number of rotatable bonds is 6. The Morgan fingerprint density at radius 2 is 2.00 bits per heavy atom. The third kappa shape index (κ3) is 5.12. The number of nitrogens with zero attached hydrogens (tertiary/aromatic N) is 1. The molecular weight excluding hydrogens is 258 g/mol. The van der Waals surface area contributed by atoms with Crippen LogP contribution in [0.1, 0.15) is 28.5 Å². The quantitative estimate of drug-likeness (QED) is 0.760. The van der Waals surface area contributed by atoms with Crippen molar-refractivity contribution in [3.8, 4) is 0 Å². The number of aromatic nitrogens is 1. The van der Waals surface area contributed by atoms with Gasteiger partial charge in [0.05, 0.1) is 17.0 Å². The van der Waals surface area contributed by atoms with Crippen molar-refractivity contribution in [3.63, 3.8) is 0 Å². The average Bonchev–Trinajstić information content (AvgIpc) is 2.51. The molecule has 1 rings (SSSR count). The van der Waals surface area contributed by atoms with Crippen molar-refractivity contribution in [3.05, 3.63) is 15.6 Å². The van der Waals surface area contributed by atoms with Crippen LogP contribution in [-0.4, -0.2) is 32.7 Å².